The van der Waals surface area contributed by atoms with E-state index in [1.54, 1.807) is 11.9 Å². The van der Waals surface area contributed by atoms with Crippen LogP contribution in [0.5, 0.6) is 0 Å². The van der Waals surface area contributed by atoms with Gasteiger partial charge in [0, 0.05) is 25.6 Å². The van der Waals surface area contributed by atoms with Crippen molar-refractivity contribution in [3.63, 3.8) is 0 Å². The smallest absolute Gasteiger partial charge is 0.224 e. The Kier molecular flexibility index (Phi) is 4.94. The average Bonchev–Trinajstić information content (AvgIpc) is 2.58. The molecule has 1 saturated heterocycles. The van der Waals surface area contributed by atoms with Crippen molar-refractivity contribution < 1.29 is 13.2 Å². The zero-order chi connectivity index (χ0) is 13.1. The van der Waals surface area contributed by atoms with Gasteiger partial charge in [-0.1, -0.05) is 13.3 Å². The summed E-state index contributed by atoms with van der Waals surface area (Å²) in [4.78, 5) is 13.4. The molecular formula is C11H22N2O3S. The number of hydrogen-bond donors (Lipinski definition) is 1. The molecule has 0 spiro atoms. The number of carbonyl (C=O) groups is 1. The Labute approximate surface area is 103 Å². The molecule has 0 aromatic carbocycles. The van der Waals surface area contributed by atoms with Gasteiger partial charge in [-0.2, -0.15) is 0 Å². The molecule has 17 heavy (non-hydrogen) atoms. The lowest BCUT2D eigenvalue weighted by Gasteiger charge is -2.24. The lowest BCUT2D eigenvalue weighted by atomic mass is 10.1. The molecule has 1 rings (SSSR count). The summed E-state index contributed by atoms with van der Waals surface area (Å²) in [5, 5.41) is 0. The fourth-order valence-corrected chi connectivity index (χ4v) is 3.90. The molecule has 0 bridgehead atoms. The molecule has 2 unspecified atom stereocenters. The van der Waals surface area contributed by atoms with Crippen molar-refractivity contribution in [1.29, 1.82) is 0 Å². The van der Waals surface area contributed by atoms with Gasteiger partial charge in [-0.05, 0) is 12.8 Å². The Morgan fingerprint density at radius 3 is 2.65 bits per heavy atom. The summed E-state index contributed by atoms with van der Waals surface area (Å²) >= 11 is 0. The van der Waals surface area contributed by atoms with Crippen LogP contribution < -0.4 is 5.73 Å². The SMILES string of the molecule is CCCC(N)CC(=O)N(C)C1CCS(=O)(=O)C1. The highest BCUT2D eigenvalue weighted by molar-refractivity contribution is 7.91. The molecule has 0 aromatic rings. The highest BCUT2D eigenvalue weighted by Crippen LogP contribution is 2.17. The van der Waals surface area contributed by atoms with Gasteiger partial charge in [0.25, 0.3) is 0 Å². The van der Waals surface area contributed by atoms with E-state index in [-0.39, 0.29) is 29.5 Å². The zero-order valence-electron chi connectivity index (χ0n) is 10.6. The molecule has 6 heteroatoms. The molecular weight excluding hydrogens is 240 g/mol. The predicted octanol–water partition coefficient (Wildman–Crippen LogP) is 0.149. The van der Waals surface area contributed by atoms with Crippen LogP contribution >= 0.6 is 0 Å². The molecule has 0 saturated carbocycles. The second-order valence-electron chi connectivity index (χ2n) is 4.81. The first-order valence-corrected chi connectivity index (χ1v) is 7.89. The molecule has 1 aliphatic heterocycles. The maximum Gasteiger partial charge on any atom is 0.224 e. The summed E-state index contributed by atoms with van der Waals surface area (Å²) in [5.74, 6) is 0.238. The minimum absolute atomic E-state index is 0.0481. The molecule has 2 N–H and O–H groups in total. The first kappa shape index (κ1) is 14.4. The van der Waals surface area contributed by atoms with Gasteiger partial charge in [0.15, 0.2) is 9.84 Å². The van der Waals surface area contributed by atoms with Gasteiger partial charge in [-0.25, -0.2) is 8.42 Å². The fraction of sp³-hybridized carbons (Fsp3) is 0.909. The summed E-state index contributed by atoms with van der Waals surface area (Å²) in [6.07, 6.45) is 2.63. The van der Waals surface area contributed by atoms with Crippen molar-refractivity contribution in [3.8, 4) is 0 Å². The standard InChI is InChI=1S/C11H22N2O3S/c1-3-4-9(12)7-11(14)13(2)10-5-6-17(15,16)8-10/h9-10H,3-8,12H2,1-2H3. The van der Waals surface area contributed by atoms with Gasteiger partial charge in [0.2, 0.25) is 5.91 Å². The third kappa shape index (κ3) is 4.27. The molecule has 0 aromatic heterocycles. The number of amides is 1. The molecule has 1 aliphatic rings. The second kappa shape index (κ2) is 5.82. The molecule has 0 radical (unpaired) electrons. The van der Waals surface area contributed by atoms with E-state index < -0.39 is 9.84 Å². The number of nitrogens with zero attached hydrogens (tertiary/aromatic N) is 1. The summed E-state index contributed by atoms with van der Waals surface area (Å²) in [7, 11) is -1.26. The minimum Gasteiger partial charge on any atom is -0.342 e. The van der Waals surface area contributed by atoms with Crippen molar-refractivity contribution in [2.75, 3.05) is 18.6 Å². The average molecular weight is 262 g/mol. The van der Waals surface area contributed by atoms with Crippen molar-refractivity contribution in [2.24, 2.45) is 5.73 Å². The Morgan fingerprint density at radius 2 is 2.18 bits per heavy atom. The highest BCUT2D eigenvalue weighted by atomic mass is 32.2. The lowest BCUT2D eigenvalue weighted by Crippen LogP contribution is -2.40. The van der Waals surface area contributed by atoms with E-state index in [9.17, 15) is 13.2 Å². The Morgan fingerprint density at radius 1 is 1.53 bits per heavy atom. The van der Waals surface area contributed by atoms with Crippen molar-refractivity contribution in [3.05, 3.63) is 0 Å². The van der Waals surface area contributed by atoms with Gasteiger partial charge in [0.05, 0.1) is 11.5 Å². The second-order valence-corrected chi connectivity index (χ2v) is 7.04. The van der Waals surface area contributed by atoms with E-state index in [4.69, 9.17) is 5.73 Å². The van der Waals surface area contributed by atoms with Crippen LogP contribution in [0.15, 0.2) is 0 Å². The van der Waals surface area contributed by atoms with Gasteiger partial charge in [-0.15, -0.1) is 0 Å². The first-order chi connectivity index (χ1) is 7.85. The molecule has 2 atom stereocenters. The number of carbonyl (C=O) groups excluding carboxylic acids is 1. The Bertz CT molecular complexity index is 367. The molecule has 1 heterocycles. The Balaban J connectivity index is 2.47. The zero-order valence-corrected chi connectivity index (χ0v) is 11.4. The number of hydrogen-bond acceptors (Lipinski definition) is 4. The number of rotatable bonds is 5. The van der Waals surface area contributed by atoms with Crippen molar-refractivity contribution in [2.45, 2.75) is 44.7 Å². The van der Waals surface area contributed by atoms with Gasteiger partial charge >= 0.3 is 0 Å². The molecule has 5 nitrogen and oxygen atoms in total. The van der Waals surface area contributed by atoms with Crippen LogP contribution in [0.25, 0.3) is 0 Å². The molecule has 1 amide bonds. The van der Waals surface area contributed by atoms with Crippen LogP contribution in [0, 0.1) is 0 Å². The van der Waals surface area contributed by atoms with E-state index in [1.165, 1.54) is 0 Å². The fourth-order valence-electron chi connectivity index (χ4n) is 2.13. The first-order valence-electron chi connectivity index (χ1n) is 6.07. The third-order valence-corrected chi connectivity index (χ3v) is 5.00. The highest BCUT2D eigenvalue weighted by Gasteiger charge is 2.32. The molecule has 0 aliphatic carbocycles. The van der Waals surface area contributed by atoms with E-state index in [0.717, 1.165) is 12.8 Å². The van der Waals surface area contributed by atoms with Crippen LogP contribution in [0.1, 0.15) is 32.6 Å². The van der Waals surface area contributed by atoms with Crippen LogP contribution in [-0.2, 0) is 14.6 Å². The summed E-state index contributed by atoms with van der Waals surface area (Å²) in [6.45, 7) is 2.03. The van der Waals surface area contributed by atoms with Crippen molar-refractivity contribution in [1.82, 2.24) is 4.90 Å². The maximum absolute atomic E-state index is 11.9. The normalized spacial score (nSPS) is 24.5. The van der Waals surface area contributed by atoms with Crippen LogP contribution in [0.4, 0.5) is 0 Å². The Hall–Kier alpha value is -0.620. The van der Waals surface area contributed by atoms with Crippen molar-refractivity contribution >= 4 is 15.7 Å². The topological polar surface area (TPSA) is 80.5 Å². The van der Waals surface area contributed by atoms with E-state index in [2.05, 4.69) is 0 Å². The summed E-state index contributed by atoms with van der Waals surface area (Å²) in [6, 6.07) is -0.283. The maximum atomic E-state index is 11.9. The largest absolute Gasteiger partial charge is 0.342 e. The number of sulfone groups is 1. The quantitative estimate of drug-likeness (QED) is 0.764. The van der Waals surface area contributed by atoms with Crippen LogP contribution in [-0.4, -0.2) is 49.9 Å². The van der Waals surface area contributed by atoms with E-state index in [0.29, 0.717) is 12.8 Å². The minimum atomic E-state index is -2.94. The van der Waals surface area contributed by atoms with E-state index >= 15 is 0 Å². The van der Waals surface area contributed by atoms with E-state index in [1.807, 2.05) is 6.92 Å². The lowest BCUT2D eigenvalue weighted by molar-refractivity contribution is -0.131. The van der Waals surface area contributed by atoms with Crippen LogP contribution in [0.3, 0.4) is 0 Å². The number of nitrogens with two attached hydrogens (primary N) is 1. The summed E-state index contributed by atoms with van der Waals surface area (Å²) < 4.78 is 22.7. The third-order valence-electron chi connectivity index (χ3n) is 3.25. The monoisotopic (exact) mass is 262 g/mol. The molecule has 1 fully saturated rings. The van der Waals surface area contributed by atoms with Crippen LogP contribution in [0.2, 0.25) is 0 Å². The van der Waals surface area contributed by atoms with Gasteiger partial charge < -0.3 is 10.6 Å². The molecule has 100 valence electrons. The summed E-state index contributed by atoms with van der Waals surface area (Å²) in [5.41, 5.74) is 5.81. The van der Waals surface area contributed by atoms with Gasteiger partial charge in [0.1, 0.15) is 0 Å². The van der Waals surface area contributed by atoms with Gasteiger partial charge in [-0.3, -0.25) is 4.79 Å². The predicted molar refractivity (Wildman–Crippen MR) is 67.3 cm³/mol.